The van der Waals surface area contributed by atoms with Crippen LogP contribution in [0.15, 0.2) is 60.7 Å². The number of aryl methyl sites for hydroxylation is 1. The summed E-state index contributed by atoms with van der Waals surface area (Å²) in [7, 11) is 3.16. The number of alkyl halides is 3. The zero-order chi connectivity index (χ0) is 28.2. The van der Waals surface area contributed by atoms with Gasteiger partial charge in [0.2, 0.25) is 5.91 Å². The third-order valence-electron chi connectivity index (χ3n) is 7.09. The number of nitrogens with zero attached hydrogens (tertiary/aromatic N) is 1. The van der Waals surface area contributed by atoms with Crippen LogP contribution in [0.5, 0.6) is 11.5 Å². The molecule has 1 aliphatic rings. The number of halogens is 4. The number of carbonyl (C=O) groups excluding carboxylic acids is 1. The van der Waals surface area contributed by atoms with Gasteiger partial charge in [-0.05, 0) is 71.8 Å². The molecule has 0 aromatic heterocycles. The number of amides is 1. The molecular formula is C30H32F4N2O3. The fourth-order valence-corrected chi connectivity index (χ4v) is 5.08. The normalized spacial score (nSPS) is 18.0. The lowest BCUT2D eigenvalue weighted by Crippen LogP contribution is -2.45. The Hall–Kier alpha value is -3.59. The van der Waals surface area contributed by atoms with E-state index in [2.05, 4.69) is 10.2 Å². The maximum atomic E-state index is 14.0. The van der Waals surface area contributed by atoms with Crippen molar-refractivity contribution in [3.8, 4) is 11.5 Å². The Morgan fingerprint density at radius 1 is 0.974 bits per heavy atom. The second-order valence-electron chi connectivity index (χ2n) is 9.97. The van der Waals surface area contributed by atoms with E-state index in [1.165, 1.54) is 12.1 Å². The topological polar surface area (TPSA) is 50.8 Å². The van der Waals surface area contributed by atoms with Crippen molar-refractivity contribution in [1.29, 1.82) is 0 Å². The van der Waals surface area contributed by atoms with Gasteiger partial charge in [-0.25, -0.2) is 4.39 Å². The largest absolute Gasteiger partial charge is 0.497 e. The van der Waals surface area contributed by atoms with Crippen molar-refractivity contribution in [3.63, 3.8) is 0 Å². The van der Waals surface area contributed by atoms with Gasteiger partial charge in [0, 0.05) is 32.2 Å². The maximum absolute atomic E-state index is 14.0. The van der Waals surface area contributed by atoms with Crippen molar-refractivity contribution in [2.45, 2.75) is 38.5 Å². The number of piperidine rings is 1. The van der Waals surface area contributed by atoms with Crippen molar-refractivity contribution in [2.75, 3.05) is 27.3 Å². The molecule has 0 bridgehead atoms. The Labute approximate surface area is 225 Å². The van der Waals surface area contributed by atoms with Crippen LogP contribution in [-0.2, 0) is 24.1 Å². The Kier molecular flexibility index (Phi) is 8.80. The molecule has 2 atom stereocenters. The van der Waals surface area contributed by atoms with Gasteiger partial charge in [-0.3, -0.25) is 9.69 Å². The highest BCUT2D eigenvalue weighted by Crippen LogP contribution is 2.34. The number of methoxy groups -OCH3 is 2. The summed E-state index contributed by atoms with van der Waals surface area (Å²) < 4.78 is 64.1. The van der Waals surface area contributed by atoms with Gasteiger partial charge in [-0.2, -0.15) is 13.2 Å². The summed E-state index contributed by atoms with van der Waals surface area (Å²) in [6, 6.07) is 15.6. The van der Waals surface area contributed by atoms with Gasteiger partial charge in [0.25, 0.3) is 0 Å². The van der Waals surface area contributed by atoms with E-state index in [1.54, 1.807) is 39.3 Å². The van der Waals surface area contributed by atoms with Crippen LogP contribution >= 0.6 is 0 Å². The first-order valence-electron chi connectivity index (χ1n) is 12.7. The molecule has 0 spiro atoms. The van der Waals surface area contributed by atoms with Crippen LogP contribution < -0.4 is 14.8 Å². The summed E-state index contributed by atoms with van der Waals surface area (Å²) >= 11 is 0. The minimum absolute atomic E-state index is 0.00728. The van der Waals surface area contributed by atoms with E-state index < -0.39 is 17.7 Å². The van der Waals surface area contributed by atoms with E-state index in [4.69, 9.17) is 9.47 Å². The van der Waals surface area contributed by atoms with Crippen LogP contribution in [0.3, 0.4) is 0 Å². The number of nitrogens with one attached hydrogen (secondary N) is 1. The highest BCUT2D eigenvalue weighted by Gasteiger charge is 2.33. The molecule has 1 fully saturated rings. The molecule has 3 aromatic carbocycles. The zero-order valence-electron chi connectivity index (χ0n) is 22.1. The summed E-state index contributed by atoms with van der Waals surface area (Å²) in [6.07, 6.45) is -3.91. The van der Waals surface area contributed by atoms with E-state index in [9.17, 15) is 22.4 Å². The molecule has 1 N–H and O–H groups in total. The number of hydrogen-bond donors (Lipinski definition) is 1. The van der Waals surface area contributed by atoms with Gasteiger partial charge in [0.05, 0.1) is 25.7 Å². The molecule has 208 valence electrons. The van der Waals surface area contributed by atoms with Crippen LogP contribution in [0.1, 0.15) is 40.2 Å². The fourth-order valence-electron chi connectivity index (χ4n) is 5.08. The van der Waals surface area contributed by atoms with Gasteiger partial charge in [-0.1, -0.05) is 24.3 Å². The molecular weight excluding hydrogens is 512 g/mol. The van der Waals surface area contributed by atoms with Crippen molar-refractivity contribution < 1.29 is 31.8 Å². The first kappa shape index (κ1) is 28.4. The van der Waals surface area contributed by atoms with E-state index in [0.717, 1.165) is 23.3 Å². The zero-order valence-corrected chi connectivity index (χ0v) is 22.1. The molecule has 1 heterocycles. The number of likely N-dealkylation sites (tertiary alicyclic amines) is 1. The second kappa shape index (κ2) is 12.1. The van der Waals surface area contributed by atoms with Crippen molar-refractivity contribution in [1.82, 2.24) is 10.2 Å². The van der Waals surface area contributed by atoms with Gasteiger partial charge < -0.3 is 14.8 Å². The Morgan fingerprint density at radius 3 is 2.33 bits per heavy atom. The van der Waals surface area contributed by atoms with Gasteiger partial charge in [0.15, 0.2) is 0 Å². The molecule has 4 rings (SSSR count). The minimum Gasteiger partial charge on any atom is -0.497 e. The van der Waals surface area contributed by atoms with E-state index >= 15 is 0 Å². The number of hydrogen-bond acceptors (Lipinski definition) is 4. The van der Waals surface area contributed by atoms with Crippen molar-refractivity contribution >= 4 is 5.91 Å². The first-order valence-corrected chi connectivity index (χ1v) is 12.7. The second-order valence-corrected chi connectivity index (χ2v) is 9.97. The molecule has 39 heavy (non-hydrogen) atoms. The minimum atomic E-state index is -4.45. The molecule has 0 aliphatic carbocycles. The van der Waals surface area contributed by atoms with Crippen LogP contribution in [0, 0.1) is 18.7 Å². The molecule has 1 amide bonds. The lowest BCUT2D eigenvalue weighted by Gasteiger charge is -2.37. The van der Waals surface area contributed by atoms with Crippen LogP contribution in [0.2, 0.25) is 0 Å². The molecule has 1 aliphatic heterocycles. The number of rotatable bonds is 8. The standard InChI is InChI=1S/C30H32F4N2O3/c1-19-9-22(7-8-28(19)31)23-13-24(29(37)35-15-20-5-4-6-25(10-20)30(32,33)34)18-36(17-23)16-21-11-26(38-2)14-27(12-21)39-3/h4-12,14,23-24H,13,15-18H2,1-3H3,(H,35,37)/t23-,24+/m0/s1. The van der Waals surface area contributed by atoms with Gasteiger partial charge in [-0.15, -0.1) is 0 Å². The summed E-state index contributed by atoms with van der Waals surface area (Å²) in [5.74, 6) is 0.349. The summed E-state index contributed by atoms with van der Waals surface area (Å²) in [4.78, 5) is 15.5. The Balaban J connectivity index is 1.53. The third-order valence-corrected chi connectivity index (χ3v) is 7.09. The quantitative estimate of drug-likeness (QED) is 0.349. The smallest absolute Gasteiger partial charge is 0.416 e. The van der Waals surface area contributed by atoms with Crippen LogP contribution in [0.25, 0.3) is 0 Å². The monoisotopic (exact) mass is 544 g/mol. The maximum Gasteiger partial charge on any atom is 0.416 e. The highest BCUT2D eigenvalue weighted by atomic mass is 19.4. The summed E-state index contributed by atoms with van der Waals surface area (Å²) in [6.45, 7) is 3.35. The van der Waals surface area contributed by atoms with E-state index in [1.807, 2.05) is 18.2 Å². The van der Waals surface area contributed by atoms with Gasteiger partial charge in [0.1, 0.15) is 17.3 Å². The van der Waals surface area contributed by atoms with Crippen molar-refractivity contribution in [2.24, 2.45) is 5.92 Å². The fraction of sp³-hybridized carbons (Fsp3) is 0.367. The lowest BCUT2D eigenvalue weighted by atomic mass is 9.83. The van der Waals surface area contributed by atoms with E-state index in [0.29, 0.717) is 48.7 Å². The Bertz CT molecular complexity index is 1290. The Morgan fingerprint density at radius 2 is 1.69 bits per heavy atom. The third kappa shape index (κ3) is 7.29. The molecule has 0 saturated carbocycles. The summed E-state index contributed by atoms with van der Waals surface area (Å²) in [5.41, 5.74) is 2.05. The predicted octanol–water partition coefficient (Wildman–Crippen LogP) is 6.09. The average Bonchev–Trinajstić information content (AvgIpc) is 2.92. The predicted molar refractivity (Wildman–Crippen MR) is 140 cm³/mol. The lowest BCUT2D eigenvalue weighted by molar-refractivity contribution is -0.137. The number of benzene rings is 3. The van der Waals surface area contributed by atoms with E-state index in [-0.39, 0.29) is 24.2 Å². The molecule has 3 aromatic rings. The van der Waals surface area contributed by atoms with Crippen LogP contribution in [-0.4, -0.2) is 38.1 Å². The van der Waals surface area contributed by atoms with Gasteiger partial charge >= 0.3 is 6.18 Å². The number of carbonyl (C=O) groups is 1. The SMILES string of the molecule is COc1cc(CN2C[C@H](C(=O)NCc3cccc(C(F)(F)F)c3)C[C@H](c3ccc(F)c(C)c3)C2)cc(OC)c1. The molecule has 9 heteroatoms. The van der Waals surface area contributed by atoms with Crippen LogP contribution in [0.4, 0.5) is 17.6 Å². The molecule has 5 nitrogen and oxygen atoms in total. The molecule has 1 saturated heterocycles. The van der Waals surface area contributed by atoms with Crippen molar-refractivity contribution in [3.05, 3.63) is 94.3 Å². The number of ether oxygens (including phenoxy) is 2. The highest BCUT2D eigenvalue weighted by molar-refractivity contribution is 5.79. The first-order chi connectivity index (χ1) is 18.5. The molecule has 0 radical (unpaired) electrons. The molecule has 0 unspecified atom stereocenters. The average molecular weight is 545 g/mol. The summed E-state index contributed by atoms with van der Waals surface area (Å²) in [5, 5.41) is 2.83.